The van der Waals surface area contributed by atoms with Crippen molar-refractivity contribution in [3.8, 4) is 0 Å². The Hall–Kier alpha value is -3.13. The van der Waals surface area contributed by atoms with E-state index < -0.39 is 0 Å². The van der Waals surface area contributed by atoms with Crippen LogP contribution in [0, 0.1) is 5.92 Å². The average Bonchev–Trinajstić information content (AvgIpc) is 3.21. The number of hydrogen-bond donors (Lipinski definition) is 1. The zero-order valence-electron chi connectivity index (χ0n) is 18.5. The molecule has 0 fully saturated rings. The first-order chi connectivity index (χ1) is 15.5. The largest absolute Gasteiger partial charge is 0.351 e. The number of fused-ring (bicyclic) bond motifs is 3. The second-order valence-electron chi connectivity index (χ2n) is 8.24. The van der Waals surface area contributed by atoms with Gasteiger partial charge in [0.05, 0.1) is 16.2 Å². The number of thioether (sulfide) groups is 1. The molecule has 1 atom stereocenters. The minimum absolute atomic E-state index is 0.0636. The van der Waals surface area contributed by atoms with Gasteiger partial charge in [-0.1, -0.05) is 68.1 Å². The number of nitrogens with zero attached hydrogens (tertiary/aromatic N) is 4. The molecule has 4 rings (SSSR count). The summed E-state index contributed by atoms with van der Waals surface area (Å²) in [5.74, 6) is 0.889. The van der Waals surface area contributed by atoms with Crippen LogP contribution in [0.15, 0.2) is 64.5 Å². The van der Waals surface area contributed by atoms with Gasteiger partial charge in [-0.3, -0.25) is 18.6 Å². The smallest absolute Gasteiger partial charge is 0.262 e. The Kier molecular flexibility index (Phi) is 6.60. The number of hydrogen-bond acceptors (Lipinski definition) is 5. The molecule has 7 nitrogen and oxygen atoms in total. The molecule has 2 aromatic carbocycles. The molecule has 0 saturated heterocycles. The van der Waals surface area contributed by atoms with Crippen molar-refractivity contribution in [2.45, 2.75) is 50.7 Å². The van der Waals surface area contributed by atoms with Crippen LogP contribution < -0.4 is 10.9 Å². The monoisotopic (exact) mass is 449 g/mol. The summed E-state index contributed by atoms with van der Waals surface area (Å²) in [6.45, 7) is 7.15. The molecular weight excluding hydrogens is 422 g/mol. The normalized spacial score (nSPS) is 12.5. The molecule has 0 spiro atoms. The highest BCUT2D eigenvalue weighted by atomic mass is 32.2. The van der Waals surface area contributed by atoms with E-state index in [2.05, 4.69) is 29.4 Å². The summed E-state index contributed by atoms with van der Waals surface area (Å²) in [7, 11) is 0. The third-order valence-electron chi connectivity index (χ3n) is 5.37. The average molecular weight is 450 g/mol. The number of benzene rings is 2. The molecule has 0 aliphatic carbocycles. The van der Waals surface area contributed by atoms with E-state index >= 15 is 0 Å². The molecule has 166 valence electrons. The van der Waals surface area contributed by atoms with Crippen molar-refractivity contribution in [1.29, 1.82) is 0 Å². The lowest BCUT2D eigenvalue weighted by molar-refractivity contribution is -0.120. The summed E-state index contributed by atoms with van der Waals surface area (Å²) < 4.78 is 3.59. The maximum absolute atomic E-state index is 13.1. The molecule has 1 amide bonds. The lowest BCUT2D eigenvalue weighted by Gasteiger charge is -2.14. The molecule has 0 radical (unpaired) electrons. The van der Waals surface area contributed by atoms with Crippen LogP contribution in [0.4, 0.5) is 0 Å². The summed E-state index contributed by atoms with van der Waals surface area (Å²) in [4.78, 5) is 25.8. The SMILES string of the molecule is CC(C)CCn1c(=O)c2ccccc2n2c(SC(C)C(=O)NCc3ccccc3)nnc12. The molecular formula is C24H27N5O2S. The van der Waals surface area contributed by atoms with Gasteiger partial charge >= 0.3 is 0 Å². The van der Waals surface area contributed by atoms with Crippen molar-refractivity contribution >= 4 is 34.3 Å². The molecule has 8 heteroatoms. The molecule has 0 aliphatic heterocycles. The zero-order valence-corrected chi connectivity index (χ0v) is 19.3. The van der Waals surface area contributed by atoms with E-state index in [0.717, 1.165) is 17.5 Å². The predicted octanol–water partition coefficient (Wildman–Crippen LogP) is 3.89. The van der Waals surface area contributed by atoms with E-state index in [9.17, 15) is 9.59 Å². The number of nitrogens with one attached hydrogen (secondary N) is 1. The second-order valence-corrected chi connectivity index (χ2v) is 9.55. The van der Waals surface area contributed by atoms with Gasteiger partial charge in [-0.2, -0.15) is 0 Å². The highest BCUT2D eigenvalue weighted by molar-refractivity contribution is 8.00. The minimum Gasteiger partial charge on any atom is -0.351 e. The highest BCUT2D eigenvalue weighted by Crippen LogP contribution is 2.25. The fourth-order valence-corrected chi connectivity index (χ4v) is 4.42. The topological polar surface area (TPSA) is 81.3 Å². The fourth-order valence-electron chi connectivity index (χ4n) is 3.54. The summed E-state index contributed by atoms with van der Waals surface area (Å²) in [5, 5.41) is 12.5. The Morgan fingerprint density at radius 1 is 1.03 bits per heavy atom. The number of amides is 1. The van der Waals surface area contributed by atoms with Gasteiger partial charge in [-0.15, -0.1) is 10.2 Å². The van der Waals surface area contributed by atoms with E-state index in [1.165, 1.54) is 11.8 Å². The Bertz CT molecular complexity index is 1300. The van der Waals surface area contributed by atoms with Crippen LogP contribution in [0.1, 0.15) is 32.8 Å². The van der Waals surface area contributed by atoms with Gasteiger partial charge in [-0.25, -0.2) is 0 Å². The Morgan fingerprint density at radius 2 is 1.75 bits per heavy atom. The van der Waals surface area contributed by atoms with Crippen molar-refractivity contribution in [3.05, 3.63) is 70.5 Å². The molecule has 2 heterocycles. The third kappa shape index (κ3) is 4.55. The summed E-state index contributed by atoms with van der Waals surface area (Å²) in [5.41, 5.74) is 1.73. The van der Waals surface area contributed by atoms with Crippen LogP contribution in [0.3, 0.4) is 0 Å². The molecule has 0 aliphatic rings. The van der Waals surface area contributed by atoms with Gasteiger partial charge in [0.1, 0.15) is 0 Å². The van der Waals surface area contributed by atoms with Gasteiger partial charge in [0.15, 0.2) is 5.16 Å². The zero-order chi connectivity index (χ0) is 22.7. The van der Waals surface area contributed by atoms with E-state index in [1.54, 1.807) is 4.57 Å². The maximum atomic E-state index is 13.1. The fraction of sp³-hybridized carbons (Fsp3) is 0.333. The maximum Gasteiger partial charge on any atom is 0.262 e. The Labute approximate surface area is 190 Å². The van der Waals surface area contributed by atoms with E-state index in [1.807, 2.05) is 65.9 Å². The molecule has 0 bridgehead atoms. The van der Waals surface area contributed by atoms with Crippen LogP contribution in [0.2, 0.25) is 0 Å². The Balaban J connectivity index is 1.64. The first-order valence-corrected chi connectivity index (χ1v) is 11.7. The van der Waals surface area contributed by atoms with Crippen molar-refractivity contribution in [3.63, 3.8) is 0 Å². The molecule has 0 saturated carbocycles. The van der Waals surface area contributed by atoms with Gasteiger partial charge < -0.3 is 5.32 Å². The number of carbonyl (C=O) groups excluding carboxylic acids is 1. The lowest BCUT2D eigenvalue weighted by atomic mass is 10.1. The van der Waals surface area contributed by atoms with E-state index in [4.69, 9.17) is 0 Å². The van der Waals surface area contributed by atoms with Crippen LogP contribution in [-0.2, 0) is 17.9 Å². The van der Waals surface area contributed by atoms with Gasteiger partial charge in [0.25, 0.3) is 5.56 Å². The van der Waals surface area contributed by atoms with E-state index in [0.29, 0.717) is 35.3 Å². The van der Waals surface area contributed by atoms with Crippen molar-refractivity contribution in [1.82, 2.24) is 24.5 Å². The van der Waals surface area contributed by atoms with E-state index in [-0.39, 0.29) is 16.7 Å². The molecule has 1 unspecified atom stereocenters. The van der Waals surface area contributed by atoms with Crippen LogP contribution in [0.5, 0.6) is 0 Å². The minimum atomic E-state index is -0.374. The first kappa shape index (κ1) is 22.1. The lowest BCUT2D eigenvalue weighted by Crippen LogP contribution is -2.30. The van der Waals surface area contributed by atoms with Crippen LogP contribution in [-0.4, -0.2) is 30.3 Å². The van der Waals surface area contributed by atoms with Crippen molar-refractivity contribution < 1.29 is 4.79 Å². The number of aromatic nitrogens is 4. The highest BCUT2D eigenvalue weighted by Gasteiger charge is 2.21. The van der Waals surface area contributed by atoms with Crippen molar-refractivity contribution in [2.75, 3.05) is 0 Å². The molecule has 4 aromatic rings. The predicted molar refractivity (Wildman–Crippen MR) is 128 cm³/mol. The summed E-state index contributed by atoms with van der Waals surface area (Å²) >= 11 is 1.34. The second kappa shape index (κ2) is 9.56. The standard InChI is InChI=1S/C24H27N5O2S/c1-16(2)13-14-28-22(31)19-11-7-8-12-20(19)29-23(28)26-27-24(29)32-17(3)21(30)25-15-18-9-5-4-6-10-18/h4-12,16-17H,13-15H2,1-3H3,(H,25,30). The van der Waals surface area contributed by atoms with Crippen LogP contribution in [0.25, 0.3) is 16.7 Å². The quantitative estimate of drug-likeness (QED) is 0.413. The number of carbonyl (C=O) groups is 1. The van der Waals surface area contributed by atoms with Gasteiger partial charge in [-0.05, 0) is 37.0 Å². The molecule has 32 heavy (non-hydrogen) atoms. The number of aryl methyl sites for hydroxylation is 1. The Morgan fingerprint density at radius 3 is 2.50 bits per heavy atom. The molecule has 1 N–H and O–H groups in total. The first-order valence-electron chi connectivity index (χ1n) is 10.8. The van der Waals surface area contributed by atoms with Crippen LogP contribution >= 0.6 is 11.8 Å². The summed E-state index contributed by atoms with van der Waals surface area (Å²) in [6.07, 6.45) is 0.863. The third-order valence-corrected chi connectivity index (χ3v) is 6.41. The van der Waals surface area contributed by atoms with Gasteiger partial charge in [0.2, 0.25) is 11.7 Å². The molecule has 2 aromatic heterocycles. The number of rotatable bonds is 8. The number of para-hydroxylation sites is 1. The summed E-state index contributed by atoms with van der Waals surface area (Å²) in [6, 6.07) is 17.3. The van der Waals surface area contributed by atoms with Crippen molar-refractivity contribution in [2.24, 2.45) is 5.92 Å². The van der Waals surface area contributed by atoms with Gasteiger partial charge in [0, 0.05) is 13.1 Å².